The van der Waals surface area contributed by atoms with E-state index in [1.807, 2.05) is 24.3 Å². The molecule has 0 aliphatic heterocycles. The summed E-state index contributed by atoms with van der Waals surface area (Å²) < 4.78 is 15.7. The lowest BCUT2D eigenvalue weighted by Gasteiger charge is -2.17. The monoisotopic (exact) mass is 377 g/mol. The number of halogens is 1. The average molecular weight is 377 g/mol. The van der Waals surface area contributed by atoms with Gasteiger partial charge in [-0.3, -0.25) is 0 Å². The van der Waals surface area contributed by atoms with Crippen LogP contribution in [0.15, 0.2) is 66.7 Å². The number of hydrogen-bond acceptors (Lipinski definition) is 5. The molecule has 4 aromatic rings. The maximum absolute atomic E-state index is 14.2. The summed E-state index contributed by atoms with van der Waals surface area (Å²) in [4.78, 5) is 0. The SMILES string of the molecule is OCCC(CNc1ccc2nnc(-c3ccccc3F)n2n1)c1ccccc1. The smallest absolute Gasteiger partial charge is 0.188 e. The van der Waals surface area contributed by atoms with E-state index < -0.39 is 0 Å². The van der Waals surface area contributed by atoms with Crippen LogP contribution in [0.5, 0.6) is 0 Å². The summed E-state index contributed by atoms with van der Waals surface area (Å²) in [6.07, 6.45) is 0.645. The normalized spacial score (nSPS) is 12.2. The van der Waals surface area contributed by atoms with Gasteiger partial charge in [-0.25, -0.2) is 4.39 Å². The zero-order valence-electron chi connectivity index (χ0n) is 15.2. The Morgan fingerprint density at radius 3 is 2.54 bits per heavy atom. The van der Waals surface area contributed by atoms with Crippen LogP contribution >= 0.6 is 0 Å². The first-order valence-electron chi connectivity index (χ1n) is 9.13. The van der Waals surface area contributed by atoms with Gasteiger partial charge in [0.05, 0.1) is 5.56 Å². The maximum Gasteiger partial charge on any atom is 0.188 e. The highest BCUT2D eigenvalue weighted by atomic mass is 19.1. The van der Waals surface area contributed by atoms with Crippen molar-refractivity contribution in [2.24, 2.45) is 0 Å². The van der Waals surface area contributed by atoms with Gasteiger partial charge in [-0.15, -0.1) is 15.3 Å². The predicted octanol–water partition coefficient (Wildman–Crippen LogP) is 3.51. The van der Waals surface area contributed by atoms with Gasteiger partial charge >= 0.3 is 0 Å². The number of anilines is 1. The standard InChI is InChI=1S/C21H20FN5O/c22-18-9-5-4-8-17(18)21-25-24-20-11-10-19(26-27(20)21)23-14-16(12-13-28)15-6-2-1-3-7-15/h1-11,16,28H,12-14H2,(H,23,26). The molecule has 0 spiro atoms. The third-order valence-corrected chi connectivity index (χ3v) is 4.66. The second kappa shape index (κ2) is 8.14. The molecule has 4 rings (SSSR count). The maximum atomic E-state index is 14.2. The van der Waals surface area contributed by atoms with Crippen LogP contribution in [0.4, 0.5) is 10.2 Å². The molecule has 2 aromatic heterocycles. The van der Waals surface area contributed by atoms with Crippen LogP contribution in [-0.2, 0) is 0 Å². The van der Waals surface area contributed by atoms with Crippen LogP contribution < -0.4 is 5.32 Å². The van der Waals surface area contributed by atoms with E-state index in [9.17, 15) is 9.50 Å². The zero-order valence-corrected chi connectivity index (χ0v) is 15.2. The van der Waals surface area contributed by atoms with Crippen LogP contribution in [-0.4, -0.2) is 38.1 Å². The quantitative estimate of drug-likeness (QED) is 0.516. The molecule has 1 unspecified atom stereocenters. The molecule has 2 aromatic carbocycles. The highest BCUT2D eigenvalue weighted by Gasteiger charge is 2.15. The molecule has 2 N–H and O–H groups in total. The number of hydrogen-bond donors (Lipinski definition) is 2. The molecule has 142 valence electrons. The predicted molar refractivity (Wildman–Crippen MR) is 106 cm³/mol. The molecule has 0 fully saturated rings. The summed E-state index contributed by atoms with van der Waals surface area (Å²) in [5.74, 6) is 0.759. The molecular weight excluding hydrogens is 357 g/mol. The van der Waals surface area contributed by atoms with Crippen molar-refractivity contribution in [2.75, 3.05) is 18.5 Å². The van der Waals surface area contributed by atoms with Crippen LogP contribution in [0.1, 0.15) is 17.9 Å². The summed E-state index contributed by atoms with van der Waals surface area (Å²) >= 11 is 0. The van der Waals surface area contributed by atoms with Crippen molar-refractivity contribution in [1.29, 1.82) is 0 Å². The van der Waals surface area contributed by atoms with Crippen molar-refractivity contribution in [3.8, 4) is 11.4 Å². The van der Waals surface area contributed by atoms with E-state index in [1.165, 1.54) is 10.6 Å². The number of aliphatic hydroxyl groups is 1. The molecule has 0 radical (unpaired) electrons. The van der Waals surface area contributed by atoms with Crippen molar-refractivity contribution in [2.45, 2.75) is 12.3 Å². The molecule has 28 heavy (non-hydrogen) atoms. The number of aliphatic hydroxyl groups excluding tert-OH is 1. The second-order valence-corrected chi connectivity index (χ2v) is 6.49. The first-order chi connectivity index (χ1) is 13.8. The second-order valence-electron chi connectivity index (χ2n) is 6.49. The van der Waals surface area contributed by atoms with Crippen LogP contribution in [0.2, 0.25) is 0 Å². The lowest BCUT2D eigenvalue weighted by atomic mass is 9.96. The fourth-order valence-corrected chi connectivity index (χ4v) is 3.19. The number of nitrogens with zero attached hydrogens (tertiary/aromatic N) is 4. The Morgan fingerprint density at radius 2 is 1.75 bits per heavy atom. The molecule has 2 heterocycles. The minimum Gasteiger partial charge on any atom is -0.396 e. The van der Waals surface area contributed by atoms with E-state index in [1.54, 1.807) is 24.3 Å². The van der Waals surface area contributed by atoms with Crippen molar-refractivity contribution >= 4 is 11.5 Å². The minimum atomic E-state index is -0.371. The third-order valence-electron chi connectivity index (χ3n) is 4.66. The molecule has 1 atom stereocenters. The summed E-state index contributed by atoms with van der Waals surface area (Å²) in [5.41, 5.74) is 2.04. The molecule has 0 saturated carbocycles. The van der Waals surface area contributed by atoms with Crippen LogP contribution in [0.3, 0.4) is 0 Å². The molecule has 7 heteroatoms. The van der Waals surface area contributed by atoms with Crippen LogP contribution in [0, 0.1) is 5.82 Å². The Kier molecular flexibility index (Phi) is 5.25. The van der Waals surface area contributed by atoms with E-state index in [0.717, 1.165) is 5.56 Å². The number of fused-ring (bicyclic) bond motifs is 1. The molecule has 0 aliphatic carbocycles. The topological polar surface area (TPSA) is 75.3 Å². The number of benzene rings is 2. The van der Waals surface area contributed by atoms with Crippen molar-refractivity contribution in [3.63, 3.8) is 0 Å². The van der Waals surface area contributed by atoms with Crippen molar-refractivity contribution < 1.29 is 9.50 Å². The van der Waals surface area contributed by atoms with Gasteiger partial charge in [-0.05, 0) is 36.2 Å². The molecule has 0 aliphatic rings. The first kappa shape index (κ1) is 18.1. The van der Waals surface area contributed by atoms with Gasteiger partial charge in [0.1, 0.15) is 11.6 Å². The number of aromatic nitrogens is 4. The number of nitrogens with one attached hydrogen (secondary N) is 1. The third kappa shape index (κ3) is 3.70. The van der Waals surface area contributed by atoms with E-state index in [4.69, 9.17) is 0 Å². The summed E-state index contributed by atoms with van der Waals surface area (Å²) in [6.45, 7) is 0.719. The minimum absolute atomic E-state index is 0.108. The summed E-state index contributed by atoms with van der Waals surface area (Å²) in [5, 5.41) is 25.4. The molecule has 0 amide bonds. The molecular formula is C21H20FN5O. The number of rotatable bonds is 7. The highest BCUT2D eigenvalue weighted by molar-refractivity contribution is 5.60. The van der Waals surface area contributed by atoms with Gasteiger partial charge in [0.15, 0.2) is 11.5 Å². The lowest BCUT2D eigenvalue weighted by molar-refractivity contribution is 0.277. The van der Waals surface area contributed by atoms with Gasteiger partial charge in [-0.2, -0.15) is 4.52 Å². The molecule has 0 bridgehead atoms. The van der Waals surface area contributed by atoms with E-state index in [-0.39, 0.29) is 18.3 Å². The van der Waals surface area contributed by atoms with Crippen molar-refractivity contribution in [1.82, 2.24) is 19.8 Å². The van der Waals surface area contributed by atoms with Gasteiger partial charge < -0.3 is 10.4 Å². The Balaban J connectivity index is 1.59. The largest absolute Gasteiger partial charge is 0.396 e. The fraction of sp³-hybridized carbons (Fsp3) is 0.190. The van der Waals surface area contributed by atoms with E-state index in [2.05, 4.69) is 32.7 Å². The zero-order chi connectivity index (χ0) is 19.3. The first-order valence-corrected chi connectivity index (χ1v) is 9.13. The molecule has 6 nitrogen and oxygen atoms in total. The van der Waals surface area contributed by atoms with Gasteiger partial charge in [0.25, 0.3) is 0 Å². The Bertz CT molecular complexity index is 1070. The lowest BCUT2D eigenvalue weighted by Crippen LogP contribution is -2.15. The van der Waals surface area contributed by atoms with Crippen molar-refractivity contribution in [3.05, 3.63) is 78.1 Å². The van der Waals surface area contributed by atoms with Gasteiger partial charge in [0, 0.05) is 19.1 Å². The summed E-state index contributed by atoms with van der Waals surface area (Å²) in [6, 6.07) is 20.1. The van der Waals surface area contributed by atoms with E-state index >= 15 is 0 Å². The Labute approximate surface area is 161 Å². The average Bonchev–Trinajstić information content (AvgIpc) is 3.15. The Hall–Kier alpha value is -3.32. The molecule has 0 saturated heterocycles. The van der Waals surface area contributed by atoms with Gasteiger partial charge in [-0.1, -0.05) is 42.5 Å². The van der Waals surface area contributed by atoms with Crippen LogP contribution in [0.25, 0.3) is 17.0 Å². The summed E-state index contributed by atoms with van der Waals surface area (Å²) in [7, 11) is 0. The van der Waals surface area contributed by atoms with E-state index in [0.29, 0.717) is 35.8 Å². The fourth-order valence-electron chi connectivity index (χ4n) is 3.19. The Morgan fingerprint density at radius 1 is 0.964 bits per heavy atom. The highest BCUT2D eigenvalue weighted by Crippen LogP contribution is 2.23. The van der Waals surface area contributed by atoms with Gasteiger partial charge in [0.2, 0.25) is 0 Å².